The van der Waals surface area contributed by atoms with Crippen molar-refractivity contribution in [2.45, 2.75) is 23.0 Å². The second kappa shape index (κ2) is 8.14. The van der Waals surface area contributed by atoms with Crippen LogP contribution in [0.3, 0.4) is 0 Å². The minimum absolute atomic E-state index is 0.243. The van der Waals surface area contributed by atoms with E-state index in [1.54, 1.807) is 24.3 Å². The molecule has 2 aromatic rings. The Kier molecular flexibility index (Phi) is 5.86. The average Bonchev–Trinajstić information content (AvgIpc) is 2.93. The maximum absolute atomic E-state index is 11.6. The molecule has 27 heavy (non-hydrogen) atoms. The quantitative estimate of drug-likeness (QED) is 0.762. The highest BCUT2D eigenvalue weighted by Crippen LogP contribution is 2.24. The van der Waals surface area contributed by atoms with Gasteiger partial charge in [0, 0.05) is 12.7 Å². The van der Waals surface area contributed by atoms with Crippen molar-refractivity contribution in [3.05, 3.63) is 59.7 Å². The Balaban J connectivity index is 1.49. The summed E-state index contributed by atoms with van der Waals surface area (Å²) >= 11 is 1.02. The summed E-state index contributed by atoms with van der Waals surface area (Å²) < 4.78 is 28.6. The maximum Gasteiger partial charge on any atom is 0.286 e. The summed E-state index contributed by atoms with van der Waals surface area (Å²) in [5.74, 6) is 0.471. The van der Waals surface area contributed by atoms with Crippen LogP contribution >= 0.6 is 11.8 Å². The number of carbonyl (C=O) groups is 2. The van der Waals surface area contributed by atoms with Crippen molar-refractivity contribution in [3.8, 4) is 5.75 Å². The van der Waals surface area contributed by atoms with Crippen LogP contribution in [0.25, 0.3) is 0 Å². The highest BCUT2D eigenvalue weighted by Gasteiger charge is 2.31. The van der Waals surface area contributed by atoms with Gasteiger partial charge in [-0.3, -0.25) is 14.9 Å². The van der Waals surface area contributed by atoms with E-state index in [1.807, 2.05) is 24.3 Å². The molecule has 1 fully saturated rings. The van der Waals surface area contributed by atoms with Crippen molar-refractivity contribution in [1.29, 1.82) is 0 Å². The lowest BCUT2D eigenvalue weighted by Gasteiger charge is -2.09. The molecule has 0 aromatic heterocycles. The highest BCUT2D eigenvalue weighted by molar-refractivity contribution is 8.15. The molecule has 1 aliphatic heterocycles. The molecule has 1 atom stereocenters. The smallest absolute Gasteiger partial charge is 0.286 e. The highest BCUT2D eigenvalue weighted by atomic mass is 32.2. The van der Waals surface area contributed by atoms with Gasteiger partial charge < -0.3 is 4.74 Å². The predicted molar refractivity (Wildman–Crippen MR) is 104 cm³/mol. The number of carbonyl (C=O) groups excluding carboxylic acids is 2. The molecule has 1 aliphatic rings. The average molecular weight is 405 g/mol. The van der Waals surface area contributed by atoms with Gasteiger partial charge in [0.05, 0.1) is 16.8 Å². The number of amides is 2. The minimum Gasteiger partial charge on any atom is -0.493 e. The molecular weight excluding hydrogens is 386 g/mol. The zero-order chi connectivity index (χ0) is 19.4. The third-order valence-corrected chi connectivity index (χ3v) is 6.23. The Bertz CT molecular complexity index is 937. The molecule has 2 amide bonds. The molecule has 0 bridgehead atoms. The zero-order valence-corrected chi connectivity index (χ0v) is 16.3. The molecule has 0 spiro atoms. The van der Waals surface area contributed by atoms with E-state index in [1.165, 1.54) is 6.26 Å². The molecule has 6 nitrogen and oxygen atoms in total. The minimum atomic E-state index is -3.18. The monoisotopic (exact) mass is 405 g/mol. The molecule has 2 aromatic carbocycles. The fraction of sp³-hybridized carbons (Fsp3) is 0.263. The molecule has 1 unspecified atom stereocenters. The van der Waals surface area contributed by atoms with Crippen molar-refractivity contribution >= 4 is 32.7 Å². The molecule has 0 aliphatic carbocycles. The number of ether oxygens (including phenoxy) is 1. The number of hydrogen-bond donors (Lipinski definition) is 1. The van der Waals surface area contributed by atoms with Crippen LogP contribution in [0.1, 0.15) is 11.1 Å². The Morgan fingerprint density at radius 1 is 1.00 bits per heavy atom. The van der Waals surface area contributed by atoms with Crippen LogP contribution in [0.5, 0.6) is 5.75 Å². The van der Waals surface area contributed by atoms with Gasteiger partial charge in [-0.2, -0.15) is 0 Å². The van der Waals surface area contributed by atoms with E-state index in [2.05, 4.69) is 5.32 Å². The fourth-order valence-electron chi connectivity index (χ4n) is 2.65. The van der Waals surface area contributed by atoms with Crippen LogP contribution < -0.4 is 10.1 Å². The van der Waals surface area contributed by atoms with E-state index >= 15 is 0 Å². The molecule has 3 rings (SSSR count). The second-order valence-electron chi connectivity index (χ2n) is 6.25. The summed E-state index contributed by atoms with van der Waals surface area (Å²) in [6.45, 7) is 0.465. The molecule has 1 saturated heterocycles. The predicted octanol–water partition coefficient (Wildman–Crippen LogP) is 2.61. The van der Waals surface area contributed by atoms with Gasteiger partial charge in [0.1, 0.15) is 5.75 Å². The summed E-state index contributed by atoms with van der Waals surface area (Å²) in [4.78, 5) is 23.1. The van der Waals surface area contributed by atoms with Crippen LogP contribution in [0.4, 0.5) is 4.79 Å². The summed E-state index contributed by atoms with van der Waals surface area (Å²) in [6, 6.07) is 14.2. The van der Waals surface area contributed by atoms with Gasteiger partial charge in [-0.05, 0) is 41.8 Å². The normalized spacial score (nSPS) is 17.0. The van der Waals surface area contributed by atoms with E-state index in [-0.39, 0.29) is 16.4 Å². The van der Waals surface area contributed by atoms with Gasteiger partial charge in [0.15, 0.2) is 9.84 Å². The molecule has 1 N–H and O–H groups in total. The van der Waals surface area contributed by atoms with Crippen LogP contribution in [-0.4, -0.2) is 37.7 Å². The van der Waals surface area contributed by atoms with E-state index in [0.717, 1.165) is 22.9 Å². The van der Waals surface area contributed by atoms with Gasteiger partial charge in [-0.15, -0.1) is 0 Å². The first-order valence-electron chi connectivity index (χ1n) is 8.33. The summed E-state index contributed by atoms with van der Waals surface area (Å²) in [5, 5.41) is 1.61. The molecule has 0 radical (unpaired) electrons. The first-order valence-corrected chi connectivity index (χ1v) is 11.1. The Labute approximate surface area is 162 Å². The van der Waals surface area contributed by atoms with Gasteiger partial charge in [-0.25, -0.2) is 8.42 Å². The number of thioether (sulfide) groups is 1. The third kappa shape index (κ3) is 5.33. The largest absolute Gasteiger partial charge is 0.493 e. The second-order valence-corrected chi connectivity index (χ2v) is 9.44. The molecule has 142 valence electrons. The Hall–Kier alpha value is -2.32. The van der Waals surface area contributed by atoms with Gasteiger partial charge in [-0.1, -0.05) is 36.0 Å². The van der Waals surface area contributed by atoms with Gasteiger partial charge in [0.2, 0.25) is 5.91 Å². The summed E-state index contributed by atoms with van der Waals surface area (Å²) in [6.07, 6.45) is 2.34. The van der Waals surface area contributed by atoms with Crippen LogP contribution in [0.2, 0.25) is 0 Å². The SMILES string of the molecule is CS(=O)(=O)c1ccc(CCOc2ccc(CC3SC(=O)NC3=O)cc2)cc1. The summed E-state index contributed by atoms with van der Waals surface area (Å²) in [7, 11) is -3.18. The van der Waals surface area contributed by atoms with E-state index in [9.17, 15) is 18.0 Å². The fourth-order valence-corrected chi connectivity index (χ4v) is 4.14. The topological polar surface area (TPSA) is 89.5 Å². The van der Waals surface area contributed by atoms with Crippen LogP contribution in [-0.2, 0) is 27.5 Å². The molecule has 0 saturated carbocycles. The van der Waals surface area contributed by atoms with Crippen molar-refractivity contribution in [3.63, 3.8) is 0 Å². The number of rotatable bonds is 7. The zero-order valence-electron chi connectivity index (χ0n) is 14.7. The number of imide groups is 1. The first kappa shape index (κ1) is 19.4. The molecular formula is C19H19NO5S2. The van der Waals surface area contributed by atoms with Crippen molar-refractivity contribution in [1.82, 2.24) is 5.32 Å². The third-order valence-electron chi connectivity index (χ3n) is 4.12. The van der Waals surface area contributed by atoms with Gasteiger partial charge >= 0.3 is 0 Å². The van der Waals surface area contributed by atoms with E-state index in [0.29, 0.717) is 30.1 Å². The lowest BCUT2D eigenvalue weighted by molar-refractivity contribution is -0.118. The number of hydrogen-bond acceptors (Lipinski definition) is 6. The lowest BCUT2D eigenvalue weighted by Crippen LogP contribution is -2.25. The van der Waals surface area contributed by atoms with Crippen molar-refractivity contribution in [2.24, 2.45) is 0 Å². The van der Waals surface area contributed by atoms with Gasteiger partial charge in [0.25, 0.3) is 5.24 Å². The van der Waals surface area contributed by atoms with Crippen LogP contribution in [0.15, 0.2) is 53.4 Å². The molecule has 8 heteroatoms. The van der Waals surface area contributed by atoms with Crippen LogP contribution in [0, 0.1) is 0 Å². The van der Waals surface area contributed by atoms with E-state index in [4.69, 9.17) is 4.74 Å². The number of benzene rings is 2. The first-order chi connectivity index (χ1) is 12.8. The lowest BCUT2D eigenvalue weighted by atomic mass is 10.1. The van der Waals surface area contributed by atoms with E-state index < -0.39 is 9.84 Å². The number of nitrogens with one attached hydrogen (secondary N) is 1. The number of sulfone groups is 1. The van der Waals surface area contributed by atoms with Crippen molar-refractivity contribution in [2.75, 3.05) is 12.9 Å². The maximum atomic E-state index is 11.6. The molecule has 1 heterocycles. The Morgan fingerprint density at radius 3 is 2.19 bits per heavy atom. The Morgan fingerprint density at radius 2 is 1.63 bits per heavy atom. The standard InChI is InChI=1S/C19H19NO5S2/c1-27(23,24)16-8-4-13(5-9-16)10-11-25-15-6-2-14(3-7-15)12-17-18(21)20-19(22)26-17/h2-9,17H,10-12H2,1H3,(H,20,21,22). The van der Waals surface area contributed by atoms with Crippen molar-refractivity contribution < 1.29 is 22.7 Å². The summed E-state index contributed by atoms with van der Waals surface area (Å²) in [5.41, 5.74) is 1.95.